The van der Waals surface area contributed by atoms with Crippen molar-refractivity contribution in [3.05, 3.63) is 71.3 Å². The molecule has 19 heavy (non-hydrogen) atoms. The maximum atomic E-state index is 10.6. The first-order valence-electron chi connectivity index (χ1n) is 6.73. The molecule has 2 nitrogen and oxygen atoms in total. The standard InChI is InChI=1S/C17H21NO/c1-13(18(2)3)15-11-7-8-12-16(15)17(19)14-9-5-4-6-10-14/h4-13,17,19H,1-3H3/p+1/t13-,17+/m0/s1. The van der Waals surface area contributed by atoms with E-state index in [2.05, 4.69) is 27.1 Å². The van der Waals surface area contributed by atoms with Crippen molar-refractivity contribution in [1.29, 1.82) is 0 Å². The van der Waals surface area contributed by atoms with Crippen LogP contribution in [0.25, 0.3) is 0 Å². The molecule has 2 heteroatoms. The number of hydrogen-bond acceptors (Lipinski definition) is 1. The molecule has 0 spiro atoms. The van der Waals surface area contributed by atoms with Gasteiger partial charge in [-0.25, -0.2) is 0 Å². The summed E-state index contributed by atoms with van der Waals surface area (Å²) in [5.41, 5.74) is 3.15. The Hall–Kier alpha value is -1.64. The molecule has 0 aliphatic carbocycles. The van der Waals surface area contributed by atoms with Crippen LogP contribution < -0.4 is 4.90 Å². The first-order valence-corrected chi connectivity index (χ1v) is 6.73. The van der Waals surface area contributed by atoms with Crippen LogP contribution in [-0.2, 0) is 0 Å². The van der Waals surface area contributed by atoms with Gasteiger partial charge in [0.2, 0.25) is 0 Å². The van der Waals surface area contributed by atoms with Gasteiger partial charge in [-0.2, -0.15) is 0 Å². The Labute approximate surface area is 115 Å². The van der Waals surface area contributed by atoms with Crippen molar-refractivity contribution in [1.82, 2.24) is 0 Å². The third kappa shape index (κ3) is 3.03. The highest BCUT2D eigenvalue weighted by Crippen LogP contribution is 2.27. The van der Waals surface area contributed by atoms with Gasteiger partial charge in [-0.15, -0.1) is 0 Å². The third-order valence-corrected chi connectivity index (χ3v) is 3.74. The molecule has 2 N–H and O–H groups in total. The SMILES string of the molecule is C[C@@H](c1ccccc1[C@H](O)c1ccccc1)[NH+](C)C. The topological polar surface area (TPSA) is 24.7 Å². The summed E-state index contributed by atoms with van der Waals surface area (Å²) in [4.78, 5) is 1.35. The summed E-state index contributed by atoms with van der Waals surface area (Å²) in [6.07, 6.45) is -0.556. The van der Waals surface area contributed by atoms with E-state index in [9.17, 15) is 5.11 Å². The average Bonchev–Trinajstić information content (AvgIpc) is 2.46. The summed E-state index contributed by atoms with van der Waals surface area (Å²) in [6.45, 7) is 2.19. The molecule has 0 unspecified atom stereocenters. The van der Waals surface area contributed by atoms with E-state index < -0.39 is 6.10 Å². The number of nitrogens with one attached hydrogen (secondary N) is 1. The Bertz CT molecular complexity index is 522. The molecule has 2 aromatic carbocycles. The van der Waals surface area contributed by atoms with Crippen molar-refractivity contribution >= 4 is 0 Å². The molecule has 0 aliphatic rings. The molecule has 2 rings (SSSR count). The van der Waals surface area contributed by atoms with Crippen LogP contribution in [0.5, 0.6) is 0 Å². The number of aliphatic hydroxyl groups is 1. The van der Waals surface area contributed by atoms with Crippen LogP contribution in [-0.4, -0.2) is 19.2 Å². The van der Waals surface area contributed by atoms with Gasteiger partial charge in [0, 0.05) is 5.56 Å². The number of benzene rings is 2. The predicted molar refractivity (Wildman–Crippen MR) is 78.2 cm³/mol. The molecular weight excluding hydrogens is 234 g/mol. The molecule has 0 amide bonds. The van der Waals surface area contributed by atoms with Crippen LogP contribution in [0.1, 0.15) is 35.8 Å². The van der Waals surface area contributed by atoms with Crippen molar-refractivity contribution in [2.75, 3.05) is 14.1 Å². The van der Waals surface area contributed by atoms with Gasteiger partial charge >= 0.3 is 0 Å². The summed E-state index contributed by atoms with van der Waals surface area (Å²) in [6, 6.07) is 18.3. The predicted octanol–water partition coefficient (Wildman–Crippen LogP) is 1.97. The molecule has 100 valence electrons. The lowest BCUT2D eigenvalue weighted by atomic mass is 9.93. The van der Waals surface area contributed by atoms with Crippen molar-refractivity contribution in [3.8, 4) is 0 Å². The highest BCUT2D eigenvalue weighted by atomic mass is 16.3. The molecule has 2 atom stereocenters. The van der Waals surface area contributed by atoms with E-state index in [-0.39, 0.29) is 0 Å². The van der Waals surface area contributed by atoms with E-state index in [0.29, 0.717) is 6.04 Å². The Morgan fingerprint density at radius 3 is 1.95 bits per heavy atom. The Balaban J connectivity index is 2.40. The molecule has 2 aromatic rings. The number of aliphatic hydroxyl groups excluding tert-OH is 1. The minimum atomic E-state index is -0.556. The van der Waals surface area contributed by atoms with Gasteiger partial charge in [0.15, 0.2) is 0 Å². The van der Waals surface area contributed by atoms with Gasteiger partial charge in [0.05, 0.1) is 14.1 Å². The fourth-order valence-corrected chi connectivity index (χ4v) is 2.28. The lowest BCUT2D eigenvalue weighted by Gasteiger charge is -2.22. The molecule has 0 bridgehead atoms. The van der Waals surface area contributed by atoms with Gasteiger partial charge in [-0.05, 0) is 18.1 Å². The zero-order chi connectivity index (χ0) is 13.8. The minimum absolute atomic E-state index is 0.356. The zero-order valence-electron chi connectivity index (χ0n) is 11.8. The van der Waals surface area contributed by atoms with Crippen LogP contribution in [0, 0.1) is 0 Å². The molecule has 0 radical (unpaired) electrons. The van der Waals surface area contributed by atoms with Crippen LogP contribution in [0.2, 0.25) is 0 Å². The number of quaternary nitrogens is 1. The summed E-state index contributed by atoms with van der Waals surface area (Å²) >= 11 is 0. The van der Waals surface area contributed by atoms with E-state index in [1.165, 1.54) is 10.5 Å². The van der Waals surface area contributed by atoms with Crippen LogP contribution in [0.4, 0.5) is 0 Å². The summed E-state index contributed by atoms with van der Waals surface area (Å²) in [7, 11) is 4.27. The normalized spacial score (nSPS) is 14.4. The van der Waals surface area contributed by atoms with Gasteiger partial charge in [0.25, 0.3) is 0 Å². The third-order valence-electron chi connectivity index (χ3n) is 3.74. The van der Waals surface area contributed by atoms with Gasteiger partial charge in [-0.1, -0.05) is 54.6 Å². The Morgan fingerprint density at radius 2 is 1.37 bits per heavy atom. The highest BCUT2D eigenvalue weighted by Gasteiger charge is 2.20. The maximum Gasteiger partial charge on any atom is 0.110 e. The quantitative estimate of drug-likeness (QED) is 0.859. The number of hydrogen-bond donors (Lipinski definition) is 2. The second-order valence-corrected chi connectivity index (χ2v) is 5.24. The lowest BCUT2D eigenvalue weighted by Crippen LogP contribution is -3.05. The largest absolute Gasteiger partial charge is 0.384 e. The summed E-state index contributed by atoms with van der Waals surface area (Å²) in [5.74, 6) is 0. The van der Waals surface area contributed by atoms with Crippen molar-refractivity contribution in [3.63, 3.8) is 0 Å². The summed E-state index contributed by atoms with van der Waals surface area (Å²) < 4.78 is 0. The van der Waals surface area contributed by atoms with Crippen molar-refractivity contribution < 1.29 is 10.0 Å². The number of rotatable bonds is 4. The van der Waals surface area contributed by atoms with E-state index in [1.807, 2.05) is 48.5 Å². The monoisotopic (exact) mass is 256 g/mol. The minimum Gasteiger partial charge on any atom is -0.384 e. The first-order chi connectivity index (χ1) is 9.11. The van der Waals surface area contributed by atoms with E-state index in [1.54, 1.807) is 0 Å². The Kier molecular flexibility index (Phi) is 4.35. The van der Waals surface area contributed by atoms with E-state index >= 15 is 0 Å². The van der Waals surface area contributed by atoms with E-state index in [0.717, 1.165) is 11.1 Å². The molecule has 0 saturated carbocycles. The van der Waals surface area contributed by atoms with Crippen molar-refractivity contribution in [2.45, 2.75) is 19.1 Å². The zero-order valence-corrected chi connectivity index (χ0v) is 11.8. The molecular formula is C17H22NO+. The first kappa shape index (κ1) is 13.8. The van der Waals surface area contributed by atoms with Crippen LogP contribution >= 0.6 is 0 Å². The van der Waals surface area contributed by atoms with Crippen molar-refractivity contribution in [2.24, 2.45) is 0 Å². The van der Waals surface area contributed by atoms with Crippen LogP contribution in [0.3, 0.4) is 0 Å². The second-order valence-electron chi connectivity index (χ2n) is 5.24. The fourth-order valence-electron chi connectivity index (χ4n) is 2.28. The Morgan fingerprint density at radius 1 is 0.842 bits per heavy atom. The molecule has 0 heterocycles. The molecule has 0 aliphatic heterocycles. The molecule has 0 fully saturated rings. The molecule has 0 saturated heterocycles. The average molecular weight is 256 g/mol. The van der Waals surface area contributed by atoms with Crippen LogP contribution in [0.15, 0.2) is 54.6 Å². The highest BCUT2D eigenvalue weighted by molar-refractivity contribution is 5.36. The summed E-state index contributed by atoms with van der Waals surface area (Å²) in [5, 5.41) is 10.6. The molecule has 0 aromatic heterocycles. The smallest absolute Gasteiger partial charge is 0.110 e. The maximum absolute atomic E-state index is 10.6. The van der Waals surface area contributed by atoms with Gasteiger partial charge in [-0.3, -0.25) is 0 Å². The van der Waals surface area contributed by atoms with E-state index in [4.69, 9.17) is 0 Å². The fraction of sp³-hybridized carbons (Fsp3) is 0.294. The lowest BCUT2D eigenvalue weighted by molar-refractivity contribution is -0.890. The van der Waals surface area contributed by atoms with Gasteiger partial charge < -0.3 is 10.0 Å². The van der Waals surface area contributed by atoms with Gasteiger partial charge in [0.1, 0.15) is 12.1 Å². The second kappa shape index (κ2) is 6.00.